The normalized spacial score (nSPS) is 16.2. The van der Waals surface area contributed by atoms with Crippen molar-refractivity contribution < 1.29 is 4.42 Å². The van der Waals surface area contributed by atoms with Crippen LogP contribution in [0.2, 0.25) is 0 Å². The Bertz CT molecular complexity index is 917. The molecule has 0 spiro atoms. The molecule has 4 rings (SSSR count). The molecule has 162 valence electrons. The van der Waals surface area contributed by atoms with Gasteiger partial charge in [0.05, 0.1) is 12.3 Å². The fraction of sp³-hybridized carbons (Fsp3) is 0.346. The highest BCUT2D eigenvalue weighted by Crippen LogP contribution is 2.19. The lowest BCUT2D eigenvalue weighted by molar-refractivity contribution is 0.458. The summed E-state index contributed by atoms with van der Waals surface area (Å²) in [6.45, 7) is 4.97. The third kappa shape index (κ3) is 6.14. The molecule has 1 fully saturated rings. The van der Waals surface area contributed by atoms with E-state index >= 15 is 0 Å². The van der Waals surface area contributed by atoms with Crippen LogP contribution in [0, 0.1) is 0 Å². The van der Waals surface area contributed by atoms with Gasteiger partial charge >= 0.3 is 0 Å². The molecule has 3 aromatic rings. The number of nitrogens with one attached hydrogen (secondary N) is 2. The smallest absolute Gasteiger partial charge is 0.191 e. The highest BCUT2D eigenvalue weighted by atomic mass is 16.3. The molecular weight excluding hydrogens is 384 g/mol. The van der Waals surface area contributed by atoms with Gasteiger partial charge in [0.25, 0.3) is 0 Å². The van der Waals surface area contributed by atoms with Crippen molar-refractivity contribution >= 4 is 11.6 Å². The van der Waals surface area contributed by atoms with Gasteiger partial charge in [-0.15, -0.1) is 0 Å². The summed E-state index contributed by atoms with van der Waals surface area (Å²) in [5.41, 5.74) is 2.56. The molecule has 0 bridgehead atoms. The van der Waals surface area contributed by atoms with E-state index in [0.717, 1.165) is 44.1 Å². The van der Waals surface area contributed by atoms with Crippen molar-refractivity contribution in [2.75, 3.05) is 24.5 Å². The van der Waals surface area contributed by atoms with Crippen LogP contribution in [0.4, 0.5) is 5.69 Å². The molecule has 0 aliphatic carbocycles. The minimum atomic E-state index is 0.181. The van der Waals surface area contributed by atoms with Gasteiger partial charge in [-0.25, -0.2) is 0 Å². The summed E-state index contributed by atoms with van der Waals surface area (Å²) in [5, 5.41) is 7.29. The average Bonchev–Trinajstić information content (AvgIpc) is 3.34. The number of piperidine rings is 1. The third-order valence-electron chi connectivity index (χ3n) is 5.82. The van der Waals surface area contributed by atoms with Crippen LogP contribution in [0.5, 0.6) is 0 Å². The first-order chi connectivity index (χ1) is 15.3. The lowest BCUT2D eigenvalue weighted by Crippen LogP contribution is -2.49. The first-order valence-corrected chi connectivity index (χ1v) is 11.2. The summed E-state index contributed by atoms with van der Waals surface area (Å²) in [6, 6.07) is 25.7. The van der Waals surface area contributed by atoms with Gasteiger partial charge in [-0.1, -0.05) is 48.5 Å². The molecule has 31 heavy (non-hydrogen) atoms. The van der Waals surface area contributed by atoms with Crippen molar-refractivity contribution in [1.29, 1.82) is 0 Å². The molecule has 2 heterocycles. The van der Waals surface area contributed by atoms with Crippen LogP contribution in [0.25, 0.3) is 0 Å². The monoisotopic (exact) mass is 416 g/mol. The Morgan fingerprint density at radius 3 is 2.39 bits per heavy atom. The van der Waals surface area contributed by atoms with Crippen molar-refractivity contribution in [1.82, 2.24) is 10.6 Å². The van der Waals surface area contributed by atoms with E-state index in [4.69, 9.17) is 9.41 Å². The van der Waals surface area contributed by atoms with Crippen molar-refractivity contribution in [2.45, 2.75) is 38.3 Å². The molecule has 1 aliphatic heterocycles. The number of nitrogens with zero attached hydrogens (tertiary/aromatic N) is 2. The number of hydrogen-bond acceptors (Lipinski definition) is 3. The van der Waals surface area contributed by atoms with Gasteiger partial charge in [0, 0.05) is 37.8 Å². The summed E-state index contributed by atoms with van der Waals surface area (Å²) in [6.07, 6.45) is 4.70. The second-order valence-corrected chi connectivity index (χ2v) is 8.08. The highest BCUT2D eigenvalue weighted by molar-refractivity contribution is 5.80. The Hall–Kier alpha value is -3.21. The van der Waals surface area contributed by atoms with Gasteiger partial charge < -0.3 is 20.0 Å². The number of guanidine groups is 1. The van der Waals surface area contributed by atoms with E-state index in [1.807, 2.05) is 18.2 Å². The van der Waals surface area contributed by atoms with E-state index in [0.29, 0.717) is 12.6 Å². The number of aliphatic imine (C=N–C) groups is 1. The van der Waals surface area contributed by atoms with Crippen molar-refractivity contribution in [3.8, 4) is 0 Å². The topological polar surface area (TPSA) is 52.8 Å². The van der Waals surface area contributed by atoms with Gasteiger partial charge in [-0.05, 0) is 49.6 Å². The molecule has 2 aromatic carbocycles. The number of benzene rings is 2. The standard InChI is InChI=1S/C26H32N4O/c1-21(22-9-4-2-5-10-22)28-26(27-17-14-25-13-8-20-31-25)29-23-15-18-30(19-16-23)24-11-6-3-7-12-24/h2-13,20-21,23H,14-19H2,1H3,(H2,27,28,29). The highest BCUT2D eigenvalue weighted by Gasteiger charge is 2.21. The summed E-state index contributed by atoms with van der Waals surface area (Å²) < 4.78 is 5.45. The number of anilines is 1. The van der Waals surface area contributed by atoms with Crippen LogP contribution < -0.4 is 15.5 Å². The second kappa shape index (κ2) is 10.7. The minimum absolute atomic E-state index is 0.181. The van der Waals surface area contributed by atoms with Crippen molar-refractivity contribution in [3.63, 3.8) is 0 Å². The van der Waals surface area contributed by atoms with E-state index in [1.165, 1.54) is 11.3 Å². The molecule has 5 heteroatoms. The Morgan fingerprint density at radius 1 is 1.00 bits per heavy atom. The van der Waals surface area contributed by atoms with Crippen molar-refractivity contribution in [2.24, 2.45) is 4.99 Å². The molecular formula is C26H32N4O. The van der Waals surface area contributed by atoms with Crippen LogP contribution in [0.3, 0.4) is 0 Å². The molecule has 0 saturated carbocycles. The van der Waals surface area contributed by atoms with E-state index in [2.05, 4.69) is 77.1 Å². The van der Waals surface area contributed by atoms with E-state index in [9.17, 15) is 0 Å². The Balaban J connectivity index is 1.36. The largest absolute Gasteiger partial charge is 0.469 e. The molecule has 1 saturated heterocycles. The predicted octanol–water partition coefficient (Wildman–Crippen LogP) is 4.79. The zero-order valence-corrected chi connectivity index (χ0v) is 18.2. The molecule has 0 amide bonds. The van der Waals surface area contributed by atoms with Gasteiger partial charge in [-0.3, -0.25) is 4.99 Å². The minimum Gasteiger partial charge on any atom is -0.469 e. The SMILES string of the molecule is CC(NC(=NCCc1ccco1)NC1CCN(c2ccccc2)CC1)c1ccccc1. The number of rotatable bonds is 7. The van der Waals surface area contributed by atoms with E-state index < -0.39 is 0 Å². The molecule has 1 unspecified atom stereocenters. The zero-order chi connectivity index (χ0) is 21.3. The number of hydrogen-bond donors (Lipinski definition) is 2. The van der Waals surface area contributed by atoms with E-state index in [1.54, 1.807) is 6.26 Å². The summed E-state index contributed by atoms with van der Waals surface area (Å²) in [5.74, 6) is 1.84. The molecule has 0 radical (unpaired) electrons. The molecule has 5 nitrogen and oxygen atoms in total. The van der Waals surface area contributed by atoms with Crippen LogP contribution in [-0.2, 0) is 6.42 Å². The van der Waals surface area contributed by atoms with Crippen LogP contribution in [0.1, 0.15) is 37.1 Å². The number of para-hydroxylation sites is 1. The zero-order valence-electron chi connectivity index (χ0n) is 18.2. The lowest BCUT2D eigenvalue weighted by Gasteiger charge is -2.35. The molecule has 2 N–H and O–H groups in total. The molecule has 1 atom stereocenters. The van der Waals surface area contributed by atoms with Gasteiger partial charge in [0.2, 0.25) is 0 Å². The third-order valence-corrected chi connectivity index (χ3v) is 5.82. The Morgan fingerprint density at radius 2 is 1.71 bits per heavy atom. The predicted molar refractivity (Wildman–Crippen MR) is 128 cm³/mol. The fourth-order valence-electron chi connectivity index (χ4n) is 4.01. The second-order valence-electron chi connectivity index (χ2n) is 8.08. The Labute approximate surface area is 185 Å². The van der Waals surface area contributed by atoms with Crippen LogP contribution in [0.15, 0.2) is 88.5 Å². The summed E-state index contributed by atoms with van der Waals surface area (Å²) in [7, 11) is 0. The molecule has 1 aliphatic rings. The first kappa shape index (κ1) is 21.0. The van der Waals surface area contributed by atoms with Gasteiger partial charge in [-0.2, -0.15) is 0 Å². The van der Waals surface area contributed by atoms with Crippen molar-refractivity contribution in [3.05, 3.63) is 90.4 Å². The quantitative estimate of drug-likeness (QED) is 0.430. The lowest BCUT2D eigenvalue weighted by atomic mass is 10.0. The maximum absolute atomic E-state index is 5.45. The first-order valence-electron chi connectivity index (χ1n) is 11.2. The summed E-state index contributed by atoms with van der Waals surface area (Å²) >= 11 is 0. The average molecular weight is 417 g/mol. The van der Waals surface area contributed by atoms with Crippen LogP contribution >= 0.6 is 0 Å². The maximum atomic E-state index is 5.45. The molecule has 1 aromatic heterocycles. The van der Waals surface area contributed by atoms with E-state index in [-0.39, 0.29) is 6.04 Å². The summed E-state index contributed by atoms with van der Waals surface area (Å²) in [4.78, 5) is 7.32. The van der Waals surface area contributed by atoms with Gasteiger partial charge in [0.15, 0.2) is 5.96 Å². The van der Waals surface area contributed by atoms with Gasteiger partial charge in [0.1, 0.15) is 5.76 Å². The Kier molecular flexibility index (Phi) is 7.27. The number of furan rings is 1. The van der Waals surface area contributed by atoms with Crippen LogP contribution in [-0.4, -0.2) is 31.6 Å². The fourth-order valence-corrected chi connectivity index (χ4v) is 4.01. The maximum Gasteiger partial charge on any atom is 0.191 e.